The molecule has 32 heavy (non-hydrogen) atoms. The van der Waals surface area contributed by atoms with E-state index in [4.69, 9.17) is 0 Å². The summed E-state index contributed by atoms with van der Waals surface area (Å²) in [5.74, 6) is 0.0186. The standard InChI is InChI=1S/C27H30N2O3/c30-20-19-29(16-13-21-7-2-1-3-8-21)26(31)23-14-17-28(18-15-23)27(32)25-12-6-10-22-9-4-5-11-24(22)25/h1-12,23,30H,13-20H2. The average molecular weight is 431 g/mol. The number of benzene rings is 3. The van der Waals surface area contributed by atoms with Gasteiger partial charge in [-0.15, -0.1) is 0 Å². The number of carbonyl (C=O) groups is 2. The van der Waals surface area contributed by atoms with Crippen molar-refractivity contribution < 1.29 is 14.7 Å². The summed E-state index contributed by atoms with van der Waals surface area (Å²) in [5, 5.41) is 11.5. The second-order valence-electron chi connectivity index (χ2n) is 8.38. The largest absolute Gasteiger partial charge is 0.395 e. The number of nitrogens with zero attached hydrogens (tertiary/aromatic N) is 2. The second-order valence-corrected chi connectivity index (χ2v) is 8.38. The maximum atomic E-state index is 13.2. The molecule has 3 aromatic rings. The highest BCUT2D eigenvalue weighted by molar-refractivity contribution is 6.07. The summed E-state index contributed by atoms with van der Waals surface area (Å²) < 4.78 is 0. The molecule has 0 radical (unpaired) electrons. The Kier molecular flexibility index (Phi) is 7.17. The second kappa shape index (κ2) is 10.4. The molecule has 0 bridgehead atoms. The Hall–Kier alpha value is -3.18. The highest BCUT2D eigenvalue weighted by Gasteiger charge is 2.30. The molecule has 4 rings (SSSR count). The van der Waals surface area contributed by atoms with Crippen LogP contribution in [0.1, 0.15) is 28.8 Å². The minimum atomic E-state index is -0.103. The number of aliphatic hydroxyl groups is 1. The van der Waals surface area contributed by atoms with E-state index >= 15 is 0 Å². The number of piperidine rings is 1. The summed E-state index contributed by atoms with van der Waals surface area (Å²) in [7, 11) is 0. The van der Waals surface area contributed by atoms with Gasteiger partial charge in [0.05, 0.1) is 6.61 Å². The summed E-state index contributed by atoms with van der Waals surface area (Å²) >= 11 is 0. The van der Waals surface area contributed by atoms with Gasteiger partial charge in [0.1, 0.15) is 0 Å². The predicted molar refractivity (Wildman–Crippen MR) is 126 cm³/mol. The van der Waals surface area contributed by atoms with Gasteiger partial charge in [-0.2, -0.15) is 0 Å². The van der Waals surface area contributed by atoms with Gasteiger partial charge >= 0.3 is 0 Å². The third kappa shape index (κ3) is 5.00. The summed E-state index contributed by atoms with van der Waals surface area (Å²) in [6.07, 6.45) is 2.08. The van der Waals surface area contributed by atoms with Crippen LogP contribution in [-0.4, -0.2) is 59.5 Å². The first-order valence-corrected chi connectivity index (χ1v) is 11.4. The zero-order valence-corrected chi connectivity index (χ0v) is 18.3. The molecule has 1 saturated heterocycles. The molecule has 0 unspecified atom stereocenters. The first-order valence-electron chi connectivity index (χ1n) is 11.4. The summed E-state index contributed by atoms with van der Waals surface area (Å²) in [6, 6.07) is 23.8. The highest BCUT2D eigenvalue weighted by Crippen LogP contribution is 2.24. The number of likely N-dealkylation sites (tertiary alicyclic amines) is 1. The number of hydrogen-bond donors (Lipinski definition) is 1. The maximum absolute atomic E-state index is 13.2. The van der Waals surface area contributed by atoms with Gasteiger partial charge < -0.3 is 14.9 Å². The van der Waals surface area contributed by atoms with E-state index in [2.05, 4.69) is 12.1 Å². The SMILES string of the molecule is O=C(c1cccc2ccccc12)N1CCC(C(=O)N(CCO)CCc2ccccc2)CC1. The van der Waals surface area contributed by atoms with Crippen molar-refractivity contribution in [3.8, 4) is 0 Å². The number of aliphatic hydroxyl groups excluding tert-OH is 1. The molecule has 0 atom stereocenters. The molecule has 1 aliphatic rings. The van der Waals surface area contributed by atoms with E-state index < -0.39 is 0 Å². The van der Waals surface area contributed by atoms with Gasteiger partial charge in [-0.05, 0) is 41.7 Å². The van der Waals surface area contributed by atoms with Crippen molar-refractivity contribution >= 4 is 22.6 Å². The Morgan fingerprint density at radius 2 is 1.56 bits per heavy atom. The quantitative estimate of drug-likeness (QED) is 0.621. The fourth-order valence-corrected chi connectivity index (χ4v) is 4.53. The molecule has 1 fully saturated rings. The van der Waals surface area contributed by atoms with Crippen molar-refractivity contribution in [2.75, 3.05) is 32.8 Å². The normalized spacial score (nSPS) is 14.5. The fourth-order valence-electron chi connectivity index (χ4n) is 4.53. The molecular weight excluding hydrogens is 400 g/mol. The number of rotatable bonds is 7. The summed E-state index contributed by atoms with van der Waals surface area (Å²) in [6.45, 7) is 2.05. The third-order valence-corrected chi connectivity index (χ3v) is 6.35. The summed E-state index contributed by atoms with van der Waals surface area (Å²) in [5.41, 5.74) is 1.90. The molecule has 0 saturated carbocycles. The van der Waals surface area contributed by atoms with Gasteiger partial charge in [-0.3, -0.25) is 9.59 Å². The average Bonchev–Trinajstić information content (AvgIpc) is 2.86. The first-order chi connectivity index (χ1) is 15.7. The lowest BCUT2D eigenvalue weighted by molar-refractivity contribution is -0.137. The van der Waals surface area contributed by atoms with Crippen molar-refractivity contribution in [1.82, 2.24) is 9.80 Å². The Morgan fingerprint density at radius 1 is 0.875 bits per heavy atom. The Balaban J connectivity index is 1.37. The molecule has 0 aromatic heterocycles. The molecular formula is C27H30N2O3. The molecule has 166 valence electrons. The zero-order valence-electron chi connectivity index (χ0n) is 18.3. The van der Waals surface area contributed by atoms with Crippen LogP contribution in [0.5, 0.6) is 0 Å². The Bertz CT molecular complexity index is 1050. The molecule has 2 amide bonds. The monoisotopic (exact) mass is 430 g/mol. The first kappa shape index (κ1) is 22.0. The van der Waals surface area contributed by atoms with Gasteiger partial charge in [0.2, 0.25) is 5.91 Å². The van der Waals surface area contributed by atoms with Crippen LogP contribution in [0.25, 0.3) is 10.8 Å². The summed E-state index contributed by atoms with van der Waals surface area (Å²) in [4.78, 5) is 30.0. The predicted octanol–water partition coefficient (Wildman–Crippen LogP) is 3.76. The highest BCUT2D eigenvalue weighted by atomic mass is 16.3. The Morgan fingerprint density at radius 3 is 2.31 bits per heavy atom. The van der Waals surface area contributed by atoms with Crippen molar-refractivity contribution in [2.24, 2.45) is 5.92 Å². The number of hydrogen-bond acceptors (Lipinski definition) is 3. The molecule has 1 N–H and O–H groups in total. The molecule has 1 aliphatic heterocycles. The van der Waals surface area contributed by atoms with Crippen molar-refractivity contribution in [3.05, 3.63) is 83.9 Å². The van der Waals surface area contributed by atoms with Gasteiger partial charge in [0, 0.05) is 37.7 Å². The lowest BCUT2D eigenvalue weighted by atomic mass is 9.94. The third-order valence-electron chi connectivity index (χ3n) is 6.35. The van der Waals surface area contributed by atoms with E-state index in [0.29, 0.717) is 39.0 Å². The zero-order chi connectivity index (χ0) is 22.3. The van der Waals surface area contributed by atoms with Crippen LogP contribution < -0.4 is 0 Å². The van der Waals surface area contributed by atoms with E-state index in [1.54, 1.807) is 4.90 Å². The lowest BCUT2D eigenvalue weighted by Crippen LogP contribution is -2.45. The molecule has 0 spiro atoms. The van der Waals surface area contributed by atoms with Gasteiger partial charge in [0.25, 0.3) is 5.91 Å². The number of fused-ring (bicyclic) bond motifs is 1. The molecule has 0 aliphatic carbocycles. The minimum Gasteiger partial charge on any atom is -0.395 e. The van der Waals surface area contributed by atoms with Crippen molar-refractivity contribution in [2.45, 2.75) is 19.3 Å². The van der Waals surface area contributed by atoms with Crippen LogP contribution >= 0.6 is 0 Å². The van der Waals surface area contributed by atoms with Gasteiger partial charge in [0.15, 0.2) is 0 Å². The van der Waals surface area contributed by atoms with Crippen LogP contribution in [-0.2, 0) is 11.2 Å². The van der Waals surface area contributed by atoms with E-state index in [1.807, 2.05) is 65.6 Å². The van der Waals surface area contributed by atoms with E-state index in [1.165, 1.54) is 5.56 Å². The van der Waals surface area contributed by atoms with E-state index in [0.717, 1.165) is 22.8 Å². The van der Waals surface area contributed by atoms with Crippen LogP contribution in [0.3, 0.4) is 0 Å². The van der Waals surface area contributed by atoms with Crippen molar-refractivity contribution in [1.29, 1.82) is 0 Å². The van der Waals surface area contributed by atoms with Crippen LogP contribution in [0.4, 0.5) is 0 Å². The fraction of sp³-hybridized carbons (Fsp3) is 0.333. The van der Waals surface area contributed by atoms with Crippen LogP contribution in [0.15, 0.2) is 72.8 Å². The van der Waals surface area contributed by atoms with E-state index in [-0.39, 0.29) is 24.3 Å². The molecule has 5 heteroatoms. The lowest BCUT2D eigenvalue weighted by Gasteiger charge is -2.34. The molecule has 5 nitrogen and oxygen atoms in total. The van der Waals surface area contributed by atoms with Gasteiger partial charge in [-0.1, -0.05) is 66.7 Å². The van der Waals surface area contributed by atoms with Crippen LogP contribution in [0.2, 0.25) is 0 Å². The number of amides is 2. The molecule has 3 aromatic carbocycles. The Labute approximate surface area is 189 Å². The molecule has 1 heterocycles. The van der Waals surface area contributed by atoms with Crippen molar-refractivity contribution in [3.63, 3.8) is 0 Å². The number of carbonyl (C=O) groups excluding carboxylic acids is 2. The maximum Gasteiger partial charge on any atom is 0.254 e. The topological polar surface area (TPSA) is 60.9 Å². The van der Waals surface area contributed by atoms with Gasteiger partial charge in [-0.25, -0.2) is 0 Å². The van der Waals surface area contributed by atoms with Crippen LogP contribution in [0, 0.1) is 5.92 Å². The minimum absolute atomic E-state index is 0.0315. The smallest absolute Gasteiger partial charge is 0.254 e. The van der Waals surface area contributed by atoms with E-state index in [9.17, 15) is 14.7 Å².